The Balaban J connectivity index is 1.25. The van der Waals surface area contributed by atoms with Crippen LogP contribution in [0.4, 0.5) is 11.4 Å². The minimum absolute atomic E-state index is 0.0460. The van der Waals surface area contributed by atoms with Gasteiger partial charge in [-0.05, 0) is 91.3 Å². The molecule has 0 aliphatic carbocycles. The van der Waals surface area contributed by atoms with Crippen LogP contribution in [0, 0.1) is 11.3 Å². The predicted octanol–water partition coefficient (Wildman–Crippen LogP) is 9.51. The van der Waals surface area contributed by atoms with Crippen LogP contribution in [0.2, 0.25) is 0 Å². The van der Waals surface area contributed by atoms with E-state index in [1.807, 2.05) is 0 Å². The van der Waals surface area contributed by atoms with Gasteiger partial charge in [0, 0.05) is 59.6 Å². The molecule has 2 aromatic carbocycles. The zero-order chi connectivity index (χ0) is 40.7. The minimum Gasteiger partial charge on any atom is -0.862 e. The fourth-order valence-electron chi connectivity index (χ4n) is 7.85. The molecule has 0 fully saturated rings. The first-order valence-electron chi connectivity index (χ1n) is 20.5. The van der Waals surface area contributed by atoms with E-state index in [1.165, 1.54) is 33.9 Å². The molecular weight excluding hydrogens is 718 g/mol. The molecule has 2 heterocycles. The van der Waals surface area contributed by atoms with Gasteiger partial charge in [0.25, 0.3) is 8.53 Å². The van der Waals surface area contributed by atoms with E-state index in [-0.39, 0.29) is 28.8 Å². The highest BCUT2D eigenvalue weighted by atomic mass is 31.2. The van der Waals surface area contributed by atoms with Crippen molar-refractivity contribution >= 4 is 31.5 Å². The summed E-state index contributed by atoms with van der Waals surface area (Å²) in [5.41, 5.74) is 7.74. The maximum Gasteiger partial charge on any atom is 0.259 e. The molecule has 0 saturated carbocycles. The number of rotatable bonds is 23. The number of aliphatic imine (C=N–C) groups is 1. The van der Waals surface area contributed by atoms with Crippen molar-refractivity contribution in [3.8, 4) is 6.07 Å². The average Bonchev–Trinajstić information content (AvgIpc) is 3.51. The summed E-state index contributed by atoms with van der Waals surface area (Å²) in [5, 5.41) is 21.4. The van der Waals surface area contributed by atoms with Crippen molar-refractivity contribution in [3.05, 3.63) is 95.7 Å². The zero-order valence-corrected chi connectivity index (χ0v) is 36.4. The van der Waals surface area contributed by atoms with Gasteiger partial charge in [-0.2, -0.15) is 9.84 Å². The van der Waals surface area contributed by atoms with Gasteiger partial charge in [-0.25, -0.2) is 4.67 Å². The summed E-state index contributed by atoms with van der Waals surface area (Å²) in [4.78, 5) is 6.64. The lowest BCUT2D eigenvalue weighted by Gasteiger charge is -2.35. The average molecular weight is 784 g/mol. The molecule has 0 N–H and O–H groups in total. The maximum absolute atomic E-state index is 12.5. The number of benzene rings is 2. The topological polar surface area (TPSA) is 96.4 Å². The molecule has 0 saturated heterocycles. The number of unbranched alkanes of at least 4 members (excludes halogenated alkanes) is 2. The van der Waals surface area contributed by atoms with Crippen LogP contribution < -0.4 is 10.0 Å². The number of nitriles is 1. The standard InChI is InChI=1S/C46H66N5O4P/c1-10-49-40-24-18-16-22-38(40)45(6,7)42(49)26-13-11-14-27-43-46(8,9)39-23-17-19-25-41(39)50(43)31-20-12-15-28-44(52)48-30-33-53-34-35-55-56(54-32-21-29-47)51(36(2)3)37(4)5/h11,13-14,16-19,22-27,36-37H,10,12,15,20-21,28,30-35H2,1-9H3. The van der Waals surface area contributed by atoms with Crippen LogP contribution in [0.15, 0.2) is 89.6 Å². The van der Waals surface area contributed by atoms with Gasteiger partial charge in [-0.3, -0.25) is 0 Å². The van der Waals surface area contributed by atoms with Crippen molar-refractivity contribution in [1.29, 1.82) is 5.26 Å². The number of likely N-dealkylation sites (N-methyl/N-ethyl adjacent to an activating group) is 1. The zero-order valence-electron chi connectivity index (χ0n) is 35.5. The van der Waals surface area contributed by atoms with Crippen LogP contribution in [0.5, 0.6) is 0 Å². The van der Waals surface area contributed by atoms with Crippen LogP contribution in [0.3, 0.4) is 0 Å². The summed E-state index contributed by atoms with van der Waals surface area (Å²) in [6.45, 7) is 23.5. The Labute approximate surface area is 339 Å². The van der Waals surface area contributed by atoms with E-state index in [0.29, 0.717) is 45.8 Å². The van der Waals surface area contributed by atoms with Gasteiger partial charge in [-0.1, -0.05) is 68.5 Å². The van der Waals surface area contributed by atoms with E-state index < -0.39 is 8.53 Å². The van der Waals surface area contributed by atoms with Crippen LogP contribution in [-0.2, 0) is 24.6 Å². The lowest BCUT2D eigenvalue weighted by molar-refractivity contribution is -0.438. The molecule has 2 aliphatic heterocycles. The molecule has 2 aliphatic rings. The van der Waals surface area contributed by atoms with Crippen LogP contribution in [-0.4, -0.2) is 79.0 Å². The van der Waals surface area contributed by atoms with Gasteiger partial charge in [0.1, 0.15) is 6.54 Å². The Bertz CT molecular complexity index is 1760. The summed E-state index contributed by atoms with van der Waals surface area (Å²) >= 11 is 0. The van der Waals surface area contributed by atoms with Crippen LogP contribution in [0.1, 0.15) is 106 Å². The van der Waals surface area contributed by atoms with Crippen molar-refractivity contribution in [2.45, 2.75) is 117 Å². The van der Waals surface area contributed by atoms with Crippen molar-refractivity contribution in [1.82, 2.24) is 4.67 Å². The number of ether oxygens (including phenoxy) is 1. The molecule has 0 spiro atoms. The van der Waals surface area contributed by atoms with Gasteiger partial charge in [0.15, 0.2) is 5.71 Å². The summed E-state index contributed by atoms with van der Waals surface area (Å²) in [5.74, 6) is -0.0692. The fraction of sp³-hybridized carbons (Fsp3) is 0.543. The number of hydrogen-bond donors (Lipinski definition) is 0. The van der Waals surface area contributed by atoms with Crippen molar-refractivity contribution in [2.75, 3.05) is 51.0 Å². The summed E-state index contributed by atoms with van der Waals surface area (Å²) < 4.78 is 22.3. The maximum atomic E-state index is 12.5. The van der Waals surface area contributed by atoms with E-state index in [2.05, 4.69) is 166 Å². The first-order chi connectivity index (χ1) is 26.9. The van der Waals surface area contributed by atoms with Crippen molar-refractivity contribution in [2.24, 2.45) is 4.99 Å². The van der Waals surface area contributed by atoms with E-state index in [4.69, 9.17) is 19.0 Å². The molecule has 56 heavy (non-hydrogen) atoms. The molecule has 9 nitrogen and oxygen atoms in total. The van der Waals surface area contributed by atoms with E-state index >= 15 is 0 Å². The second-order valence-corrected chi connectivity index (χ2v) is 17.4. The highest BCUT2D eigenvalue weighted by molar-refractivity contribution is 7.44. The Morgan fingerprint density at radius 1 is 0.893 bits per heavy atom. The molecule has 0 bridgehead atoms. The van der Waals surface area contributed by atoms with Crippen LogP contribution >= 0.6 is 8.53 Å². The van der Waals surface area contributed by atoms with E-state index in [0.717, 1.165) is 32.4 Å². The predicted molar refractivity (Wildman–Crippen MR) is 231 cm³/mol. The minimum atomic E-state index is -1.29. The van der Waals surface area contributed by atoms with Gasteiger partial charge in [0.2, 0.25) is 5.69 Å². The quantitative estimate of drug-likeness (QED) is 0.0277. The normalized spacial score (nSPS) is 17.7. The number of allylic oxidation sites excluding steroid dienone is 6. The van der Waals surface area contributed by atoms with E-state index in [9.17, 15) is 5.11 Å². The molecular formula is C46H66N5O4P. The monoisotopic (exact) mass is 783 g/mol. The van der Waals surface area contributed by atoms with Crippen LogP contribution in [0.25, 0.3) is 0 Å². The van der Waals surface area contributed by atoms with Gasteiger partial charge in [0.05, 0.1) is 50.9 Å². The summed E-state index contributed by atoms with van der Waals surface area (Å²) in [6.07, 6.45) is 14.6. The molecule has 304 valence electrons. The number of nitrogens with zero attached hydrogens (tertiary/aromatic N) is 5. The van der Waals surface area contributed by atoms with Crippen molar-refractivity contribution in [3.63, 3.8) is 0 Å². The molecule has 0 amide bonds. The SMILES string of the molecule is CCN1/C(=C/C=C/C=C/C2=[N+](CCCCCC([O-])=NCCOCCOP(OCCC#N)N(C(C)C)C(C)C)c3ccccc3C2(C)C)C(C)(C)c2ccccc21. The lowest BCUT2D eigenvalue weighted by Crippen LogP contribution is -2.34. The summed E-state index contributed by atoms with van der Waals surface area (Å²) in [7, 11) is -1.29. The second-order valence-electron chi connectivity index (χ2n) is 15.9. The molecule has 1 unspecified atom stereocenters. The Morgan fingerprint density at radius 3 is 2.30 bits per heavy atom. The highest BCUT2D eigenvalue weighted by Gasteiger charge is 2.44. The first kappa shape index (κ1) is 45.1. The number of para-hydroxylation sites is 2. The van der Waals surface area contributed by atoms with Gasteiger partial charge < -0.3 is 28.8 Å². The Kier molecular flexibility index (Phi) is 17.5. The Morgan fingerprint density at radius 2 is 1.59 bits per heavy atom. The molecule has 1 atom stereocenters. The third-order valence-electron chi connectivity index (χ3n) is 10.5. The second kappa shape index (κ2) is 21.8. The van der Waals surface area contributed by atoms with Gasteiger partial charge in [-0.15, -0.1) is 0 Å². The number of anilines is 1. The molecule has 10 heteroatoms. The molecule has 0 aromatic heterocycles. The van der Waals surface area contributed by atoms with E-state index in [1.54, 1.807) is 0 Å². The highest BCUT2D eigenvalue weighted by Crippen LogP contribution is 2.48. The lowest BCUT2D eigenvalue weighted by atomic mass is 9.81. The smallest absolute Gasteiger partial charge is 0.259 e. The largest absolute Gasteiger partial charge is 0.862 e. The third-order valence-corrected chi connectivity index (χ3v) is 12.6. The summed E-state index contributed by atoms with van der Waals surface area (Å²) in [6, 6.07) is 20.1. The number of hydrogen-bond acceptors (Lipinski definition) is 8. The Hall–Kier alpha value is -3.64. The number of fused-ring (bicyclic) bond motifs is 2. The molecule has 2 aromatic rings. The van der Waals surface area contributed by atoms with Crippen molar-refractivity contribution < 1.29 is 23.5 Å². The molecule has 0 radical (unpaired) electrons. The van der Waals surface area contributed by atoms with Gasteiger partial charge >= 0.3 is 0 Å². The first-order valence-corrected chi connectivity index (χ1v) is 21.6. The third kappa shape index (κ3) is 11.5. The fourth-order valence-corrected chi connectivity index (χ4v) is 9.42. The molecule has 4 rings (SSSR count).